The van der Waals surface area contributed by atoms with Crippen LogP contribution in [0.1, 0.15) is 18.7 Å². The molecule has 0 saturated carbocycles. The molecule has 2 amide bonds. The van der Waals surface area contributed by atoms with E-state index in [1.165, 1.54) is 4.80 Å². The fraction of sp³-hybridized carbons (Fsp3) is 0.389. The highest BCUT2D eigenvalue weighted by Gasteiger charge is 2.24. The van der Waals surface area contributed by atoms with Gasteiger partial charge in [-0.2, -0.15) is 10.2 Å². The summed E-state index contributed by atoms with van der Waals surface area (Å²) in [6, 6.07) is 3.49. The first-order chi connectivity index (χ1) is 13.2. The van der Waals surface area contributed by atoms with Crippen molar-refractivity contribution in [2.45, 2.75) is 19.3 Å². The van der Waals surface area contributed by atoms with E-state index in [-0.39, 0.29) is 6.03 Å². The Kier molecular flexibility index (Phi) is 4.82. The van der Waals surface area contributed by atoms with E-state index in [0.29, 0.717) is 17.4 Å². The predicted molar refractivity (Wildman–Crippen MR) is 99.4 cm³/mol. The van der Waals surface area contributed by atoms with Crippen molar-refractivity contribution in [3.8, 4) is 5.82 Å². The second-order valence-corrected chi connectivity index (χ2v) is 6.77. The van der Waals surface area contributed by atoms with Crippen LogP contribution in [-0.2, 0) is 13.5 Å². The molecule has 27 heavy (non-hydrogen) atoms. The Labute approximate surface area is 157 Å². The number of carbonyl (C=O) groups excluding carboxylic acids is 1. The van der Waals surface area contributed by atoms with Gasteiger partial charge in [0.1, 0.15) is 5.82 Å². The molecule has 140 valence electrons. The van der Waals surface area contributed by atoms with Crippen LogP contribution in [0.5, 0.6) is 0 Å². The van der Waals surface area contributed by atoms with E-state index in [1.807, 2.05) is 28.9 Å². The zero-order valence-electron chi connectivity index (χ0n) is 15.2. The largest absolute Gasteiger partial charge is 0.338 e. The summed E-state index contributed by atoms with van der Waals surface area (Å²) in [6.07, 6.45) is 11.6. The molecule has 1 fully saturated rings. The van der Waals surface area contributed by atoms with Gasteiger partial charge in [0.2, 0.25) is 0 Å². The summed E-state index contributed by atoms with van der Waals surface area (Å²) in [5, 5.41) is 11.0. The third-order valence-electron chi connectivity index (χ3n) is 4.82. The number of aryl methyl sites for hydroxylation is 1. The molecule has 1 saturated heterocycles. The fourth-order valence-electron chi connectivity index (χ4n) is 3.38. The zero-order chi connectivity index (χ0) is 18.6. The molecule has 9 nitrogen and oxygen atoms in total. The number of nitrogens with zero attached hydrogens (tertiary/aromatic N) is 7. The molecule has 1 unspecified atom stereocenters. The highest BCUT2D eigenvalue weighted by Crippen LogP contribution is 2.21. The molecular formula is C18H22N8O. The van der Waals surface area contributed by atoms with Gasteiger partial charge in [-0.15, -0.1) is 4.80 Å². The summed E-state index contributed by atoms with van der Waals surface area (Å²) < 4.78 is 2.04. The van der Waals surface area contributed by atoms with Crippen LogP contribution in [0.25, 0.3) is 5.82 Å². The topological polar surface area (TPSA) is 93.8 Å². The lowest BCUT2D eigenvalue weighted by molar-refractivity contribution is 0.176. The number of nitrogens with one attached hydrogen (secondary N) is 1. The van der Waals surface area contributed by atoms with Gasteiger partial charge < -0.3 is 14.8 Å². The van der Waals surface area contributed by atoms with Gasteiger partial charge in [-0.3, -0.25) is 0 Å². The van der Waals surface area contributed by atoms with E-state index in [4.69, 9.17) is 0 Å². The summed E-state index contributed by atoms with van der Waals surface area (Å²) in [4.78, 5) is 24.6. The molecule has 0 radical (unpaired) electrons. The Morgan fingerprint density at radius 2 is 2.07 bits per heavy atom. The van der Waals surface area contributed by atoms with Crippen molar-refractivity contribution in [1.82, 2.24) is 34.4 Å². The number of pyridine rings is 1. The van der Waals surface area contributed by atoms with Gasteiger partial charge in [-0.1, -0.05) is 0 Å². The van der Waals surface area contributed by atoms with Gasteiger partial charge in [0.05, 0.1) is 24.3 Å². The lowest BCUT2D eigenvalue weighted by Gasteiger charge is -2.32. The van der Waals surface area contributed by atoms with Crippen LogP contribution in [0.4, 0.5) is 10.5 Å². The molecule has 0 aromatic carbocycles. The van der Waals surface area contributed by atoms with Crippen molar-refractivity contribution >= 4 is 11.7 Å². The van der Waals surface area contributed by atoms with Crippen LogP contribution in [0, 0.1) is 5.92 Å². The van der Waals surface area contributed by atoms with E-state index >= 15 is 0 Å². The number of aromatic nitrogens is 6. The first kappa shape index (κ1) is 17.2. The minimum Gasteiger partial charge on any atom is -0.338 e. The van der Waals surface area contributed by atoms with Crippen LogP contribution in [-0.4, -0.2) is 53.5 Å². The smallest absolute Gasteiger partial charge is 0.321 e. The van der Waals surface area contributed by atoms with Crippen molar-refractivity contribution in [2.24, 2.45) is 13.0 Å². The highest BCUT2D eigenvalue weighted by atomic mass is 16.2. The number of urea groups is 1. The average Bonchev–Trinajstić information content (AvgIpc) is 3.35. The number of hydrogen-bond donors (Lipinski definition) is 1. The summed E-state index contributed by atoms with van der Waals surface area (Å²) in [7, 11) is 2.01. The first-order valence-corrected chi connectivity index (χ1v) is 9.04. The van der Waals surface area contributed by atoms with Crippen molar-refractivity contribution in [3.05, 3.63) is 48.9 Å². The van der Waals surface area contributed by atoms with Crippen molar-refractivity contribution in [2.75, 3.05) is 18.4 Å². The third-order valence-corrected chi connectivity index (χ3v) is 4.82. The lowest BCUT2D eigenvalue weighted by Crippen LogP contribution is -2.43. The van der Waals surface area contributed by atoms with Crippen LogP contribution in [0.2, 0.25) is 0 Å². The Balaban J connectivity index is 1.35. The van der Waals surface area contributed by atoms with Crippen LogP contribution >= 0.6 is 0 Å². The predicted octanol–water partition coefficient (Wildman–Crippen LogP) is 1.88. The number of likely N-dealkylation sites (tertiary alicyclic amines) is 1. The highest BCUT2D eigenvalue weighted by molar-refractivity contribution is 5.89. The monoisotopic (exact) mass is 366 g/mol. The van der Waals surface area contributed by atoms with E-state index in [2.05, 4.69) is 25.5 Å². The molecular weight excluding hydrogens is 344 g/mol. The Bertz CT molecular complexity index is 886. The average molecular weight is 366 g/mol. The zero-order valence-corrected chi connectivity index (χ0v) is 15.2. The lowest BCUT2D eigenvalue weighted by atomic mass is 9.94. The number of imidazole rings is 1. The van der Waals surface area contributed by atoms with Crippen molar-refractivity contribution < 1.29 is 4.79 Å². The molecule has 1 aliphatic heterocycles. The third kappa shape index (κ3) is 3.97. The molecule has 0 bridgehead atoms. The van der Waals surface area contributed by atoms with Gasteiger partial charge in [0, 0.05) is 39.0 Å². The summed E-state index contributed by atoms with van der Waals surface area (Å²) in [5.41, 5.74) is 0.655. The van der Waals surface area contributed by atoms with Gasteiger partial charge >= 0.3 is 6.03 Å². The summed E-state index contributed by atoms with van der Waals surface area (Å²) in [6.45, 7) is 1.51. The molecule has 3 aromatic heterocycles. The van der Waals surface area contributed by atoms with Crippen LogP contribution < -0.4 is 5.32 Å². The summed E-state index contributed by atoms with van der Waals surface area (Å²) in [5.74, 6) is 2.09. The van der Waals surface area contributed by atoms with Gasteiger partial charge in [-0.05, 0) is 30.9 Å². The molecule has 4 rings (SSSR count). The molecule has 1 atom stereocenters. The molecule has 3 aromatic rings. The van der Waals surface area contributed by atoms with E-state index in [0.717, 1.165) is 38.2 Å². The number of carbonyl (C=O) groups is 1. The van der Waals surface area contributed by atoms with Crippen molar-refractivity contribution in [1.29, 1.82) is 0 Å². The molecule has 4 heterocycles. The summed E-state index contributed by atoms with van der Waals surface area (Å²) >= 11 is 0. The number of amides is 2. The van der Waals surface area contributed by atoms with E-state index in [9.17, 15) is 4.79 Å². The standard InChI is InChI=1S/C18H22N8O/c1-24-10-8-19-17(24)11-14-3-2-9-25(13-14)18(27)23-15-4-5-16(20-12-15)26-21-6-7-22-26/h4-8,10,12,14H,2-3,9,11,13H2,1H3,(H,23,27). The maximum absolute atomic E-state index is 12.6. The minimum absolute atomic E-state index is 0.0914. The molecule has 0 spiro atoms. The normalized spacial score (nSPS) is 17.1. The number of rotatable bonds is 4. The first-order valence-electron chi connectivity index (χ1n) is 9.04. The van der Waals surface area contributed by atoms with E-state index in [1.54, 1.807) is 30.7 Å². The minimum atomic E-state index is -0.0914. The number of anilines is 1. The Morgan fingerprint density at radius 1 is 1.22 bits per heavy atom. The molecule has 0 aliphatic carbocycles. The molecule has 9 heteroatoms. The molecule has 1 N–H and O–H groups in total. The Hall–Kier alpha value is -3.23. The Morgan fingerprint density at radius 3 is 2.78 bits per heavy atom. The van der Waals surface area contributed by atoms with Gasteiger partial charge in [0.25, 0.3) is 0 Å². The maximum Gasteiger partial charge on any atom is 0.321 e. The fourth-order valence-corrected chi connectivity index (χ4v) is 3.38. The van der Waals surface area contributed by atoms with Crippen LogP contribution in [0.3, 0.4) is 0 Å². The van der Waals surface area contributed by atoms with Gasteiger partial charge in [-0.25, -0.2) is 14.8 Å². The van der Waals surface area contributed by atoms with Crippen LogP contribution in [0.15, 0.2) is 43.1 Å². The molecule has 1 aliphatic rings. The quantitative estimate of drug-likeness (QED) is 0.761. The second kappa shape index (κ2) is 7.56. The van der Waals surface area contributed by atoms with E-state index < -0.39 is 0 Å². The second-order valence-electron chi connectivity index (χ2n) is 6.77. The number of piperidine rings is 1. The maximum atomic E-state index is 12.6. The number of hydrogen-bond acceptors (Lipinski definition) is 5. The SMILES string of the molecule is Cn1ccnc1CC1CCCN(C(=O)Nc2ccc(-n3nccn3)nc2)C1. The van der Waals surface area contributed by atoms with Crippen molar-refractivity contribution in [3.63, 3.8) is 0 Å². The van der Waals surface area contributed by atoms with Gasteiger partial charge in [0.15, 0.2) is 5.82 Å².